The molecule has 5 nitrogen and oxygen atoms in total. The topological polar surface area (TPSA) is 43.9 Å². The zero-order valence-corrected chi connectivity index (χ0v) is 13.7. The van der Waals surface area contributed by atoms with Gasteiger partial charge in [0.1, 0.15) is 5.82 Å². The van der Waals surface area contributed by atoms with Gasteiger partial charge in [0.25, 0.3) is 0 Å². The van der Waals surface area contributed by atoms with Crippen molar-refractivity contribution in [2.45, 2.75) is 13.5 Å². The first kappa shape index (κ1) is 18.1. The van der Waals surface area contributed by atoms with Gasteiger partial charge < -0.3 is 9.80 Å². The second-order valence-corrected chi connectivity index (χ2v) is 5.50. The number of benzene rings is 1. The second kappa shape index (κ2) is 8.48. The highest BCUT2D eigenvalue weighted by molar-refractivity contribution is 5.81. The smallest absolute Gasteiger partial charge is 0.237 e. The van der Waals surface area contributed by atoms with Crippen LogP contribution in [0.2, 0.25) is 0 Å². The van der Waals surface area contributed by atoms with Crippen LogP contribution in [0.4, 0.5) is 4.39 Å². The fourth-order valence-electron chi connectivity index (χ4n) is 1.99. The molecular weight excluding hydrogens is 285 g/mol. The van der Waals surface area contributed by atoms with Crippen LogP contribution >= 0.6 is 0 Å². The molecule has 0 unspecified atom stereocenters. The molecule has 0 aliphatic rings. The number of halogens is 1. The number of nitrogens with zero attached hydrogens (tertiary/aromatic N) is 3. The number of rotatable bonds is 7. The standard InChI is InChI=1S/C16H24FN3O2/c1-5-20(10-13-7-6-8-14(17)9-13)16(22)12-19(4)11-15(21)18(2)3/h6-9H,5,10-12H2,1-4H3. The van der Waals surface area contributed by atoms with Crippen molar-refractivity contribution in [3.05, 3.63) is 35.6 Å². The Kier molecular flexibility index (Phi) is 6.98. The molecule has 0 fully saturated rings. The van der Waals surface area contributed by atoms with Crippen LogP contribution in [0.15, 0.2) is 24.3 Å². The van der Waals surface area contributed by atoms with Gasteiger partial charge in [-0.1, -0.05) is 12.1 Å². The maximum Gasteiger partial charge on any atom is 0.237 e. The molecule has 0 saturated heterocycles. The zero-order chi connectivity index (χ0) is 16.7. The van der Waals surface area contributed by atoms with Crippen LogP contribution in [0.3, 0.4) is 0 Å². The molecule has 0 bridgehead atoms. The van der Waals surface area contributed by atoms with Crippen molar-refractivity contribution in [1.82, 2.24) is 14.7 Å². The molecule has 0 radical (unpaired) electrons. The predicted octanol–water partition coefficient (Wildman–Crippen LogP) is 1.19. The minimum absolute atomic E-state index is 0.0523. The molecule has 1 rings (SSSR count). The Balaban J connectivity index is 2.59. The van der Waals surface area contributed by atoms with Crippen molar-refractivity contribution in [3.63, 3.8) is 0 Å². The van der Waals surface area contributed by atoms with Crippen molar-refractivity contribution >= 4 is 11.8 Å². The summed E-state index contributed by atoms with van der Waals surface area (Å²) in [5, 5.41) is 0. The highest BCUT2D eigenvalue weighted by atomic mass is 19.1. The van der Waals surface area contributed by atoms with Crippen LogP contribution in [0, 0.1) is 5.82 Å². The lowest BCUT2D eigenvalue weighted by atomic mass is 10.2. The molecule has 22 heavy (non-hydrogen) atoms. The fourth-order valence-corrected chi connectivity index (χ4v) is 1.99. The number of amides is 2. The SMILES string of the molecule is CCN(Cc1cccc(F)c1)C(=O)CN(C)CC(=O)N(C)C. The number of hydrogen-bond donors (Lipinski definition) is 0. The van der Waals surface area contributed by atoms with E-state index in [1.807, 2.05) is 6.92 Å². The van der Waals surface area contributed by atoms with Crippen LogP contribution in [-0.4, -0.2) is 67.3 Å². The highest BCUT2D eigenvalue weighted by Gasteiger charge is 2.17. The first-order valence-electron chi connectivity index (χ1n) is 7.24. The molecule has 0 spiro atoms. The Labute approximate surface area is 131 Å². The van der Waals surface area contributed by atoms with E-state index >= 15 is 0 Å². The third-order valence-electron chi connectivity index (χ3n) is 3.31. The average Bonchev–Trinajstić information content (AvgIpc) is 2.44. The minimum atomic E-state index is -0.310. The van der Waals surface area contributed by atoms with Crippen molar-refractivity contribution < 1.29 is 14.0 Å². The third kappa shape index (κ3) is 5.81. The van der Waals surface area contributed by atoms with Gasteiger partial charge in [0.15, 0.2) is 0 Å². The first-order chi connectivity index (χ1) is 10.3. The van der Waals surface area contributed by atoms with Gasteiger partial charge in [-0.2, -0.15) is 0 Å². The zero-order valence-electron chi connectivity index (χ0n) is 13.7. The quantitative estimate of drug-likeness (QED) is 0.760. The summed E-state index contributed by atoms with van der Waals surface area (Å²) in [4.78, 5) is 28.7. The van der Waals surface area contributed by atoms with E-state index < -0.39 is 0 Å². The van der Waals surface area contributed by atoms with Gasteiger partial charge >= 0.3 is 0 Å². The molecule has 1 aromatic carbocycles. The Morgan fingerprint density at radius 1 is 1.09 bits per heavy atom. The predicted molar refractivity (Wildman–Crippen MR) is 83.7 cm³/mol. The van der Waals surface area contributed by atoms with E-state index in [1.54, 1.807) is 43.1 Å². The molecule has 0 saturated carbocycles. The van der Waals surface area contributed by atoms with Crippen molar-refractivity contribution in [2.24, 2.45) is 0 Å². The lowest BCUT2D eigenvalue weighted by molar-refractivity contribution is -0.134. The number of carbonyl (C=O) groups excluding carboxylic acids is 2. The number of carbonyl (C=O) groups is 2. The lowest BCUT2D eigenvalue weighted by Gasteiger charge is -2.25. The van der Waals surface area contributed by atoms with E-state index in [4.69, 9.17) is 0 Å². The molecule has 0 aromatic heterocycles. The first-order valence-corrected chi connectivity index (χ1v) is 7.24. The van der Waals surface area contributed by atoms with Crippen LogP contribution in [0.1, 0.15) is 12.5 Å². The summed E-state index contributed by atoms with van der Waals surface area (Å²) in [6.45, 7) is 3.12. The molecule has 0 atom stereocenters. The van der Waals surface area contributed by atoms with Gasteiger partial charge in [0.2, 0.25) is 11.8 Å². The van der Waals surface area contributed by atoms with Gasteiger partial charge in [-0.3, -0.25) is 14.5 Å². The van der Waals surface area contributed by atoms with Crippen LogP contribution < -0.4 is 0 Å². The Morgan fingerprint density at radius 2 is 1.73 bits per heavy atom. The van der Waals surface area contributed by atoms with Gasteiger partial charge in [0, 0.05) is 27.2 Å². The van der Waals surface area contributed by atoms with Crippen molar-refractivity contribution in [1.29, 1.82) is 0 Å². The van der Waals surface area contributed by atoms with E-state index in [9.17, 15) is 14.0 Å². The maximum atomic E-state index is 13.2. The number of hydrogen-bond acceptors (Lipinski definition) is 3. The monoisotopic (exact) mass is 309 g/mol. The maximum absolute atomic E-state index is 13.2. The molecule has 0 aliphatic carbocycles. The van der Waals surface area contributed by atoms with E-state index in [0.717, 1.165) is 5.56 Å². The normalized spacial score (nSPS) is 10.6. The van der Waals surface area contributed by atoms with Gasteiger partial charge in [-0.05, 0) is 31.7 Å². The van der Waals surface area contributed by atoms with Crippen LogP contribution in [0.25, 0.3) is 0 Å². The lowest BCUT2D eigenvalue weighted by Crippen LogP contribution is -2.42. The molecular formula is C16H24FN3O2. The van der Waals surface area contributed by atoms with Gasteiger partial charge in [-0.15, -0.1) is 0 Å². The third-order valence-corrected chi connectivity index (χ3v) is 3.31. The summed E-state index contributed by atoms with van der Waals surface area (Å²) < 4.78 is 13.2. The van der Waals surface area contributed by atoms with Crippen LogP contribution in [0.5, 0.6) is 0 Å². The summed E-state index contributed by atoms with van der Waals surface area (Å²) >= 11 is 0. The van der Waals surface area contributed by atoms with Crippen LogP contribution in [-0.2, 0) is 16.1 Å². The molecule has 0 heterocycles. The molecule has 2 amide bonds. The van der Waals surface area contributed by atoms with E-state index in [2.05, 4.69) is 0 Å². The van der Waals surface area contributed by atoms with E-state index in [0.29, 0.717) is 13.1 Å². The summed E-state index contributed by atoms with van der Waals surface area (Å²) in [6.07, 6.45) is 0. The molecule has 122 valence electrons. The molecule has 0 aliphatic heterocycles. The van der Waals surface area contributed by atoms with Crippen molar-refractivity contribution in [2.75, 3.05) is 40.8 Å². The average molecular weight is 309 g/mol. The van der Waals surface area contributed by atoms with Crippen molar-refractivity contribution in [3.8, 4) is 0 Å². The summed E-state index contributed by atoms with van der Waals surface area (Å²) in [6, 6.07) is 6.22. The largest absolute Gasteiger partial charge is 0.348 e. The highest BCUT2D eigenvalue weighted by Crippen LogP contribution is 2.08. The summed E-state index contributed by atoms with van der Waals surface area (Å²) in [7, 11) is 5.09. The van der Waals surface area contributed by atoms with Gasteiger partial charge in [0.05, 0.1) is 13.1 Å². The Hall–Kier alpha value is -1.95. The molecule has 6 heteroatoms. The molecule has 1 aromatic rings. The number of likely N-dealkylation sites (N-methyl/N-ethyl adjacent to an activating group) is 3. The Bertz CT molecular complexity index is 520. The summed E-state index contributed by atoms with van der Waals surface area (Å²) in [5.41, 5.74) is 0.752. The summed E-state index contributed by atoms with van der Waals surface area (Å²) in [5.74, 6) is -0.445. The minimum Gasteiger partial charge on any atom is -0.348 e. The Morgan fingerprint density at radius 3 is 2.27 bits per heavy atom. The second-order valence-electron chi connectivity index (χ2n) is 5.50. The molecule has 0 N–H and O–H groups in total. The fraction of sp³-hybridized carbons (Fsp3) is 0.500. The van der Waals surface area contributed by atoms with Gasteiger partial charge in [-0.25, -0.2) is 4.39 Å². The van der Waals surface area contributed by atoms with E-state index in [-0.39, 0.29) is 30.7 Å². The van der Waals surface area contributed by atoms with E-state index in [1.165, 1.54) is 17.0 Å².